The van der Waals surface area contributed by atoms with Crippen molar-refractivity contribution < 1.29 is 14.7 Å². The molecule has 0 aliphatic rings. The van der Waals surface area contributed by atoms with Crippen LogP contribution in [0.1, 0.15) is 6.42 Å². The van der Waals surface area contributed by atoms with Crippen molar-refractivity contribution in [2.75, 3.05) is 31.2 Å². The van der Waals surface area contributed by atoms with E-state index in [9.17, 15) is 9.59 Å². The Labute approximate surface area is 129 Å². The lowest BCUT2D eigenvalue weighted by Gasteiger charge is -2.16. The highest BCUT2D eigenvalue weighted by atomic mass is 32.2. The molecule has 0 unspecified atom stereocenters. The maximum atomic E-state index is 12.0. The van der Waals surface area contributed by atoms with E-state index in [0.29, 0.717) is 6.54 Å². The molecule has 1 aromatic rings. The molecule has 6 heteroatoms. The molecule has 0 saturated heterocycles. The Kier molecular flexibility index (Phi) is 7.56. The van der Waals surface area contributed by atoms with E-state index in [4.69, 9.17) is 5.11 Å². The quantitative estimate of drug-likeness (QED) is 0.541. The molecule has 0 aliphatic carbocycles. The van der Waals surface area contributed by atoms with Gasteiger partial charge in [0.25, 0.3) is 0 Å². The molecular weight excluding hydrogens is 288 g/mol. The number of hydrogen-bond acceptors (Lipinski definition) is 4. The Morgan fingerprint density at radius 3 is 2.81 bits per heavy atom. The van der Waals surface area contributed by atoms with Crippen molar-refractivity contribution in [3.8, 4) is 0 Å². The van der Waals surface area contributed by atoms with Crippen LogP contribution in [0.4, 0.5) is 5.69 Å². The topological polar surface area (TPSA) is 69.6 Å². The zero-order valence-corrected chi connectivity index (χ0v) is 12.9. The normalized spacial score (nSPS) is 10.4. The third-order valence-corrected chi connectivity index (χ3v) is 3.71. The molecule has 2 N–H and O–H groups in total. The zero-order chi connectivity index (χ0) is 15.7. The number of benzene rings is 1. The minimum atomic E-state index is -0.867. The summed E-state index contributed by atoms with van der Waals surface area (Å²) in [6, 6.07) is 7.57. The molecule has 0 saturated carbocycles. The Hall–Kier alpha value is -1.79. The summed E-state index contributed by atoms with van der Waals surface area (Å²) >= 11 is 1.60. The van der Waals surface area contributed by atoms with Crippen molar-refractivity contribution in [3.63, 3.8) is 0 Å². The summed E-state index contributed by atoms with van der Waals surface area (Å²) in [7, 11) is 1.72. The zero-order valence-electron chi connectivity index (χ0n) is 12.0. The predicted molar refractivity (Wildman–Crippen MR) is 85.7 cm³/mol. The van der Waals surface area contributed by atoms with Crippen molar-refractivity contribution in [1.82, 2.24) is 4.90 Å². The van der Waals surface area contributed by atoms with Crippen molar-refractivity contribution >= 4 is 29.3 Å². The van der Waals surface area contributed by atoms with E-state index in [2.05, 4.69) is 11.9 Å². The Balaban J connectivity index is 2.54. The van der Waals surface area contributed by atoms with Crippen LogP contribution in [0.15, 0.2) is 41.8 Å². The molecule has 114 valence electrons. The van der Waals surface area contributed by atoms with Crippen LogP contribution in [0.5, 0.6) is 0 Å². The van der Waals surface area contributed by atoms with Gasteiger partial charge in [0.1, 0.15) is 0 Å². The molecule has 0 aromatic heterocycles. The number of aliphatic carboxylic acids is 1. The third kappa shape index (κ3) is 6.97. The lowest BCUT2D eigenvalue weighted by molar-refractivity contribution is -0.137. The van der Waals surface area contributed by atoms with Gasteiger partial charge in [0.05, 0.1) is 18.7 Å². The number of anilines is 1. The van der Waals surface area contributed by atoms with Crippen LogP contribution in [0.2, 0.25) is 0 Å². The van der Waals surface area contributed by atoms with Crippen LogP contribution in [-0.2, 0) is 9.59 Å². The Morgan fingerprint density at radius 2 is 2.14 bits per heavy atom. The van der Waals surface area contributed by atoms with Crippen LogP contribution >= 0.6 is 11.8 Å². The fourth-order valence-corrected chi connectivity index (χ4v) is 2.39. The van der Waals surface area contributed by atoms with Crippen molar-refractivity contribution in [2.45, 2.75) is 11.3 Å². The van der Waals surface area contributed by atoms with Gasteiger partial charge in [0.15, 0.2) is 0 Å². The number of carbonyl (C=O) groups is 2. The average Bonchev–Trinajstić information content (AvgIpc) is 2.44. The number of rotatable bonds is 9. The molecule has 1 rings (SSSR count). The van der Waals surface area contributed by atoms with E-state index in [0.717, 1.165) is 16.3 Å². The van der Waals surface area contributed by atoms with Gasteiger partial charge >= 0.3 is 5.97 Å². The fraction of sp³-hybridized carbons (Fsp3) is 0.333. The molecule has 21 heavy (non-hydrogen) atoms. The number of nitrogens with one attached hydrogen (secondary N) is 1. The second kappa shape index (κ2) is 9.20. The van der Waals surface area contributed by atoms with Gasteiger partial charge in [-0.25, -0.2) is 0 Å². The maximum absolute atomic E-state index is 12.0. The monoisotopic (exact) mass is 308 g/mol. The number of likely N-dealkylation sites (N-methyl/N-ethyl adjacent to an activating group) is 1. The van der Waals surface area contributed by atoms with E-state index in [1.165, 1.54) is 0 Å². The first-order chi connectivity index (χ1) is 10.0. The lowest BCUT2D eigenvalue weighted by Crippen LogP contribution is -2.31. The number of carboxylic acid groups (broad SMARTS) is 1. The molecule has 1 amide bonds. The molecule has 0 heterocycles. The van der Waals surface area contributed by atoms with Gasteiger partial charge in [0, 0.05) is 17.2 Å². The van der Waals surface area contributed by atoms with Gasteiger partial charge < -0.3 is 10.4 Å². The second-order valence-corrected chi connectivity index (χ2v) is 5.59. The van der Waals surface area contributed by atoms with Gasteiger partial charge in [0.2, 0.25) is 5.91 Å². The summed E-state index contributed by atoms with van der Waals surface area (Å²) < 4.78 is 0. The Bertz CT molecular complexity index is 505. The highest BCUT2D eigenvalue weighted by molar-refractivity contribution is 7.99. The van der Waals surface area contributed by atoms with E-state index < -0.39 is 5.97 Å². The van der Waals surface area contributed by atoms with E-state index in [1.807, 2.05) is 30.3 Å². The van der Waals surface area contributed by atoms with E-state index in [1.54, 1.807) is 23.7 Å². The van der Waals surface area contributed by atoms with Gasteiger partial charge in [-0.3, -0.25) is 14.5 Å². The van der Waals surface area contributed by atoms with E-state index in [-0.39, 0.29) is 18.9 Å². The van der Waals surface area contributed by atoms with Crippen LogP contribution in [-0.4, -0.2) is 47.8 Å². The molecule has 0 fully saturated rings. The highest BCUT2D eigenvalue weighted by Gasteiger charge is 2.10. The molecule has 1 aromatic carbocycles. The maximum Gasteiger partial charge on any atom is 0.304 e. The van der Waals surface area contributed by atoms with Gasteiger partial charge in [-0.1, -0.05) is 18.2 Å². The second-order valence-electron chi connectivity index (χ2n) is 4.53. The van der Waals surface area contributed by atoms with Crippen LogP contribution in [0.25, 0.3) is 0 Å². The summed E-state index contributed by atoms with van der Waals surface area (Å²) in [6.45, 7) is 4.18. The van der Waals surface area contributed by atoms with Crippen LogP contribution in [0, 0.1) is 0 Å². The first-order valence-electron chi connectivity index (χ1n) is 6.56. The van der Waals surface area contributed by atoms with Gasteiger partial charge in [-0.2, -0.15) is 0 Å². The Morgan fingerprint density at radius 1 is 1.43 bits per heavy atom. The summed E-state index contributed by atoms with van der Waals surface area (Å²) in [5.74, 6) is -0.256. The summed E-state index contributed by atoms with van der Waals surface area (Å²) in [4.78, 5) is 25.1. The highest BCUT2D eigenvalue weighted by Crippen LogP contribution is 2.26. The molecule has 0 spiro atoms. The first-order valence-corrected chi connectivity index (χ1v) is 7.54. The summed E-state index contributed by atoms with van der Waals surface area (Å²) in [5, 5.41) is 11.5. The minimum Gasteiger partial charge on any atom is -0.481 e. The average molecular weight is 308 g/mol. The van der Waals surface area contributed by atoms with Crippen molar-refractivity contribution in [3.05, 3.63) is 36.9 Å². The van der Waals surface area contributed by atoms with Gasteiger partial charge in [-0.05, 0) is 19.2 Å². The number of para-hydroxylation sites is 1. The minimum absolute atomic E-state index is 0.0234. The summed E-state index contributed by atoms with van der Waals surface area (Å²) in [5.41, 5.74) is 0.765. The lowest BCUT2D eigenvalue weighted by atomic mass is 10.3. The molecule has 5 nitrogen and oxygen atoms in total. The van der Waals surface area contributed by atoms with Crippen LogP contribution < -0.4 is 5.32 Å². The molecule has 0 radical (unpaired) electrons. The van der Waals surface area contributed by atoms with Crippen molar-refractivity contribution in [1.29, 1.82) is 0 Å². The number of nitrogens with zero attached hydrogens (tertiary/aromatic N) is 1. The number of hydrogen-bond donors (Lipinski definition) is 2. The first kappa shape index (κ1) is 17.3. The SMILES string of the molecule is C=CCSc1ccccc1NC(=O)CN(C)CCC(=O)O. The molecule has 0 atom stereocenters. The molecular formula is C15H20N2O3S. The smallest absolute Gasteiger partial charge is 0.304 e. The molecule has 0 aliphatic heterocycles. The largest absolute Gasteiger partial charge is 0.481 e. The number of thioether (sulfide) groups is 1. The number of amides is 1. The third-order valence-electron chi connectivity index (χ3n) is 2.64. The van der Waals surface area contributed by atoms with Crippen molar-refractivity contribution in [2.24, 2.45) is 0 Å². The standard InChI is InChI=1S/C15H20N2O3S/c1-3-10-21-13-7-5-4-6-12(13)16-14(18)11-17(2)9-8-15(19)20/h3-7H,1,8-11H2,2H3,(H,16,18)(H,19,20). The van der Waals surface area contributed by atoms with E-state index >= 15 is 0 Å². The fourth-order valence-electron chi connectivity index (χ4n) is 1.64. The van der Waals surface area contributed by atoms with Crippen LogP contribution in [0.3, 0.4) is 0 Å². The number of carboxylic acids is 1. The van der Waals surface area contributed by atoms with Gasteiger partial charge in [-0.15, -0.1) is 18.3 Å². The predicted octanol–water partition coefficient (Wildman–Crippen LogP) is 2.31. The summed E-state index contributed by atoms with van der Waals surface area (Å²) in [6.07, 6.45) is 1.83. The number of carbonyl (C=O) groups excluding carboxylic acids is 1. The molecule has 0 bridgehead atoms.